The van der Waals surface area contributed by atoms with Crippen LogP contribution in [-0.4, -0.2) is 65.0 Å². The molecule has 0 aliphatic carbocycles. The molecule has 3 aliphatic heterocycles. The van der Waals surface area contributed by atoms with Crippen LogP contribution in [0.3, 0.4) is 0 Å². The number of hydrogen-bond acceptors (Lipinski definition) is 8. The van der Waals surface area contributed by atoms with Gasteiger partial charge in [-0.05, 0) is 60.5 Å². The van der Waals surface area contributed by atoms with E-state index in [2.05, 4.69) is 0 Å². The van der Waals surface area contributed by atoms with E-state index in [9.17, 15) is 34.4 Å². The Morgan fingerprint density at radius 2 is 1.67 bits per heavy atom. The standard InChI is InChI=1S/C41H44N4O8Si/c1-27-39(54(2,3)52)36(24-38(48)42(21-22-46)25-28-9-5-4-6-10-28)53-41(27)33-23-32(45(50)51)18-19-35(33)43(40(41)49)26-29-13-16-31(17-14-29)44-34-12-8-7-11-30(34)15-20-37(44)47/h4-14,16-19,23,27,36,39,46,52H,15,20-22,24-26H2,1-3H3/t27-,36+,39-,41+/m1/s1. The van der Waals surface area contributed by atoms with Gasteiger partial charge in [-0.25, -0.2) is 0 Å². The number of aliphatic hydroxyl groups excluding tert-OH is 1. The molecule has 3 aliphatic rings. The van der Waals surface area contributed by atoms with Crippen LogP contribution in [-0.2, 0) is 44.2 Å². The van der Waals surface area contributed by atoms with E-state index in [1.165, 1.54) is 12.1 Å². The number of fused-ring (bicyclic) bond motifs is 3. The first kappa shape index (κ1) is 37.1. The number of anilines is 3. The minimum Gasteiger partial charge on any atom is -0.432 e. The molecule has 1 fully saturated rings. The van der Waals surface area contributed by atoms with Crippen LogP contribution in [0.15, 0.2) is 97.1 Å². The fourth-order valence-electron chi connectivity index (χ4n) is 8.70. The quantitative estimate of drug-likeness (QED) is 0.108. The van der Waals surface area contributed by atoms with Gasteiger partial charge in [-0.3, -0.25) is 29.4 Å². The Labute approximate surface area is 314 Å². The lowest BCUT2D eigenvalue weighted by molar-refractivity contribution is -0.385. The lowest BCUT2D eigenvalue weighted by Gasteiger charge is -2.32. The van der Waals surface area contributed by atoms with E-state index >= 15 is 0 Å². The van der Waals surface area contributed by atoms with Crippen LogP contribution in [0.4, 0.5) is 22.7 Å². The number of nitro benzene ring substituents is 1. The number of nitrogens with zero attached hydrogens (tertiary/aromatic N) is 4. The third-order valence-electron chi connectivity index (χ3n) is 11.1. The van der Waals surface area contributed by atoms with E-state index in [0.717, 1.165) is 22.4 Å². The van der Waals surface area contributed by atoms with Gasteiger partial charge in [-0.15, -0.1) is 0 Å². The van der Waals surface area contributed by atoms with Crippen LogP contribution in [0, 0.1) is 16.0 Å². The van der Waals surface area contributed by atoms with Crippen LogP contribution in [0.25, 0.3) is 0 Å². The molecule has 3 amide bonds. The molecular weight excluding hydrogens is 705 g/mol. The van der Waals surface area contributed by atoms with E-state index in [1.54, 1.807) is 33.9 Å². The zero-order chi connectivity index (χ0) is 38.4. The number of ether oxygens (including phenoxy) is 1. The highest BCUT2D eigenvalue weighted by atomic mass is 28.4. The second-order valence-electron chi connectivity index (χ2n) is 15.0. The second-order valence-corrected chi connectivity index (χ2v) is 18.9. The third kappa shape index (κ3) is 6.61. The van der Waals surface area contributed by atoms with Gasteiger partial charge in [0.1, 0.15) is 0 Å². The molecule has 2 N–H and O–H groups in total. The lowest BCUT2D eigenvalue weighted by Crippen LogP contribution is -2.46. The van der Waals surface area contributed by atoms with Gasteiger partial charge in [-0.1, -0.05) is 67.6 Å². The zero-order valence-electron chi connectivity index (χ0n) is 30.6. The van der Waals surface area contributed by atoms with Crippen LogP contribution < -0.4 is 9.80 Å². The molecule has 7 rings (SSSR count). The van der Waals surface area contributed by atoms with Crippen molar-refractivity contribution >= 4 is 48.8 Å². The normalized spacial score (nSPS) is 22.1. The fourth-order valence-corrected chi connectivity index (χ4v) is 11.3. The third-order valence-corrected chi connectivity index (χ3v) is 13.6. The Bertz CT molecular complexity index is 2090. The number of para-hydroxylation sites is 1. The summed E-state index contributed by atoms with van der Waals surface area (Å²) >= 11 is 0. The average molecular weight is 749 g/mol. The topological polar surface area (TPSA) is 154 Å². The molecule has 0 unspecified atom stereocenters. The van der Waals surface area contributed by atoms with Gasteiger partial charge in [0.2, 0.25) is 11.8 Å². The number of rotatable bonds is 11. The summed E-state index contributed by atoms with van der Waals surface area (Å²) in [6.45, 7) is 5.54. The average Bonchev–Trinajstić information content (AvgIpc) is 3.57. The summed E-state index contributed by atoms with van der Waals surface area (Å²) in [5, 5.41) is 21.9. The first-order chi connectivity index (χ1) is 25.8. The van der Waals surface area contributed by atoms with E-state index in [0.29, 0.717) is 29.8 Å². The fraction of sp³-hybridized carbons (Fsp3) is 0.341. The summed E-state index contributed by atoms with van der Waals surface area (Å²) in [6.07, 6.45) is 0.0489. The van der Waals surface area contributed by atoms with E-state index in [1.807, 2.05) is 85.8 Å². The van der Waals surface area contributed by atoms with Crippen molar-refractivity contribution in [2.75, 3.05) is 23.0 Å². The van der Waals surface area contributed by atoms with Gasteiger partial charge in [0.15, 0.2) is 13.9 Å². The number of benzene rings is 4. The molecule has 1 spiro atoms. The summed E-state index contributed by atoms with van der Waals surface area (Å²) in [5.74, 6) is -1.38. The maximum atomic E-state index is 14.9. The van der Waals surface area contributed by atoms with Crippen LogP contribution in [0.2, 0.25) is 18.6 Å². The first-order valence-electron chi connectivity index (χ1n) is 18.3. The predicted molar refractivity (Wildman–Crippen MR) is 205 cm³/mol. The predicted octanol–water partition coefficient (Wildman–Crippen LogP) is 5.96. The van der Waals surface area contributed by atoms with Crippen LogP contribution in [0.5, 0.6) is 0 Å². The van der Waals surface area contributed by atoms with Crippen LogP contribution >= 0.6 is 0 Å². The number of carbonyl (C=O) groups excluding carboxylic acids is 3. The Kier molecular flexibility index (Phi) is 10.0. The van der Waals surface area contributed by atoms with Crippen LogP contribution in [0.1, 0.15) is 42.0 Å². The number of carbonyl (C=O) groups is 3. The molecular formula is C41H44N4O8Si. The monoisotopic (exact) mass is 748 g/mol. The Hall–Kier alpha value is -5.21. The minimum absolute atomic E-state index is 0.00139. The summed E-state index contributed by atoms with van der Waals surface area (Å²) in [5.41, 5.74) is 2.58. The van der Waals surface area contributed by atoms with Crippen molar-refractivity contribution in [3.05, 3.63) is 129 Å². The lowest BCUT2D eigenvalue weighted by atomic mass is 9.82. The molecule has 0 aromatic heterocycles. The largest absolute Gasteiger partial charge is 0.432 e. The van der Waals surface area contributed by atoms with Crippen molar-refractivity contribution in [3.8, 4) is 0 Å². The van der Waals surface area contributed by atoms with Gasteiger partial charge in [0, 0.05) is 54.4 Å². The number of nitro groups is 1. The molecule has 0 saturated carbocycles. The highest BCUT2D eigenvalue weighted by Crippen LogP contribution is 2.60. The van der Waals surface area contributed by atoms with Crippen molar-refractivity contribution in [1.82, 2.24) is 4.90 Å². The molecule has 0 bridgehead atoms. The van der Waals surface area contributed by atoms with Crippen molar-refractivity contribution in [2.45, 2.75) is 69.6 Å². The van der Waals surface area contributed by atoms with Gasteiger partial charge >= 0.3 is 0 Å². The summed E-state index contributed by atoms with van der Waals surface area (Å²) in [6, 6.07) is 28.9. The molecule has 4 atom stereocenters. The molecule has 280 valence electrons. The zero-order valence-corrected chi connectivity index (χ0v) is 31.6. The molecule has 3 heterocycles. The molecule has 4 aromatic rings. The smallest absolute Gasteiger partial charge is 0.269 e. The SMILES string of the molecule is C[C@@H]1[C@@H]([Si](C)(C)O)[C@H](CC(=O)N(CCO)Cc2ccccc2)O[C@@]12C(=O)N(Cc1ccc(N3C(=O)CCc4ccccc43)cc1)c1ccc([N+](=O)[O-])cc12. The number of aliphatic hydroxyl groups is 1. The van der Waals surface area contributed by atoms with Crippen molar-refractivity contribution in [3.63, 3.8) is 0 Å². The van der Waals surface area contributed by atoms with E-state index < -0.39 is 42.3 Å². The van der Waals surface area contributed by atoms with E-state index in [-0.39, 0.29) is 50.2 Å². The summed E-state index contributed by atoms with van der Waals surface area (Å²) < 4.78 is 6.80. The molecule has 0 radical (unpaired) electrons. The molecule has 4 aromatic carbocycles. The number of amides is 3. The molecule has 1 saturated heterocycles. The number of non-ortho nitro benzene ring substituents is 1. The molecule has 12 nitrogen and oxygen atoms in total. The van der Waals surface area contributed by atoms with Gasteiger partial charge in [0.05, 0.1) is 42.0 Å². The highest BCUT2D eigenvalue weighted by Gasteiger charge is 2.66. The highest BCUT2D eigenvalue weighted by molar-refractivity contribution is 6.71. The first-order valence-corrected chi connectivity index (χ1v) is 21.3. The van der Waals surface area contributed by atoms with Crippen molar-refractivity contribution in [1.29, 1.82) is 0 Å². The summed E-state index contributed by atoms with van der Waals surface area (Å²) in [4.78, 5) is 70.0. The van der Waals surface area contributed by atoms with Gasteiger partial charge < -0.3 is 24.4 Å². The minimum atomic E-state index is -3.16. The Morgan fingerprint density at radius 3 is 2.35 bits per heavy atom. The number of aryl methyl sites for hydroxylation is 1. The van der Waals surface area contributed by atoms with Crippen molar-refractivity contribution < 1.29 is 33.9 Å². The van der Waals surface area contributed by atoms with Gasteiger partial charge in [0.25, 0.3) is 11.6 Å². The Morgan fingerprint density at radius 1 is 0.963 bits per heavy atom. The Balaban J connectivity index is 1.21. The number of hydrogen-bond donors (Lipinski definition) is 2. The van der Waals surface area contributed by atoms with E-state index in [4.69, 9.17) is 4.74 Å². The maximum Gasteiger partial charge on any atom is 0.269 e. The van der Waals surface area contributed by atoms with Crippen molar-refractivity contribution in [2.24, 2.45) is 5.92 Å². The molecule has 13 heteroatoms. The second kappa shape index (κ2) is 14.6. The van der Waals surface area contributed by atoms with Gasteiger partial charge in [-0.2, -0.15) is 0 Å². The summed E-state index contributed by atoms with van der Waals surface area (Å²) in [7, 11) is -3.16. The molecule has 54 heavy (non-hydrogen) atoms. The maximum absolute atomic E-state index is 14.9.